The zero-order valence-electron chi connectivity index (χ0n) is 19.0. The molecule has 1 N–H and O–H groups in total. The van der Waals surface area contributed by atoms with E-state index in [1.807, 2.05) is 6.07 Å². The first-order valence-corrected chi connectivity index (χ1v) is 11.7. The van der Waals surface area contributed by atoms with E-state index in [-0.39, 0.29) is 34.1 Å². The molecular formula is C26H35NO3. The normalized spacial score (nSPS) is 39.6. The molecule has 1 aromatic rings. The first-order valence-electron chi connectivity index (χ1n) is 11.7. The van der Waals surface area contributed by atoms with Crippen molar-refractivity contribution >= 4 is 11.8 Å². The fraction of sp³-hybridized carbons (Fsp3) is 0.692. The minimum Gasteiger partial charge on any atom is -0.508 e. The Morgan fingerprint density at radius 1 is 0.967 bits per heavy atom. The van der Waals surface area contributed by atoms with Crippen molar-refractivity contribution in [3.8, 4) is 5.75 Å². The van der Waals surface area contributed by atoms with Crippen LogP contribution in [0.5, 0.6) is 5.75 Å². The Morgan fingerprint density at radius 2 is 1.63 bits per heavy atom. The number of aryl methyl sites for hydroxylation is 1. The number of carbonyl (C=O) groups is 2. The molecule has 5 rings (SSSR count). The summed E-state index contributed by atoms with van der Waals surface area (Å²) >= 11 is 0. The standard InChI is InChI=1S/C26H35NO3/c1-15-12-16-14-19-25(4)11-9-20(27-21(29)6-7-22(27)30)24(2,3)18(25)8-10-26(19,5)23(16)17(28)13-15/h12-13,18-20,28H,6-11,14H2,1-5H3. The van der Waals surface area contributed by atoms with Gasteiger partial charge in [0.15, 0.2) is 0 Å². The lowest BCUT2D eigenvalue weighted by Gasteiger charge is -2.63. The molecule has 0 spiro atoms. The Kier molecular flexibility index (Phi) is 4.09. The second-order valence-electron chi connectivity index (χ2n) is 11.6. The number of rotatable bonds is 1. The van der Waals surface area contributed by atoms with Gasteiger partial charge in [0.25, 0.3) is 0 Å². The zero-order valence-corrected chi connectivity index (χ0v) is 19.0. The number of amides is 2. The molecule has 162 valence electrons. The fourth-order valence-electron chi connectivity index (χ4n) is 8.58. The van der Waals surface area contributed by atoms with Crippen molar-refractivity contribution in [2.75, 3.05) is 0 Å². The van der Waals surface area contributed by atoms with Gasteiger partial charge in [-0.25, -0.2) is 0 Å². The highest BCUT2D eigenvalue weighted by Crippen LogP contribution is 2.68. The second-order valence-corrected chi connectivity index (χ2v) is 11.6. The van der Waals surface area contributed by atoms with Crippen LogP contribution in [0.15, 0.2) is 12.1 Å². The molecule has 3 fully saturated rings. The van der Waals surface area contributed by atoms with E-state index in [4.69, 9.17) is 0 Å². The van der Waals surface area contributed by atoms with Crippen LogP contribution in [0, 0.1) is 29.6 Å². The average molecular weight is 410 g/mol. The summed E-state index contributed by atoms with van der Waals surface area (Å²) in [4.78, 5) is 26.7. The van der Waals surface area contributed by atoms with Crippen molar-refractivity contribution in [1.29, 1.82) is 0 Å². The van der Waals surface area contributed by atoms with Crippen LogP contribution in [0.1, 0.15) is 82.9 Å². The number of carbonyl (C=O) groups excluding carboxylic acids is 2. The molecule has 2 saturated carbocycles. The molecule has 5 unspecified atom stereocenters. The van der Waals surface area contributed by atoms with Crippen LogP contribution >= 0.6 is 0 Å². The van der Waals surface area contributed by atoms with Gasteiger partial charge in [0.05, 0.1) is 0 Å². The first-order chi connectivity index (χ1) is 14.0. The van der Waals surface area contributed by atoms with Gasteiger partial charge in [-0.2, -0.15) is 0 Å². The molecule has 1 heterocycles. The molecule has 3 aliphatic carbocycles. The number of hydrogen-bond donors (Lipinski definition) is 1. The number of likely N-dealkylation sites (tertiary alicyclic amines) is 1. The summed E-state index contributed by atoms with van der Waals surface area (Å²) in [5, 5.41) is 10.9. The topological polar surface area (TPSA) is 57.6 Å². The van der Waals surface area contributed by atoms with E-state index in [1.165, 1.54) is 11.1 Å². The lowest BCUT2D eigenvalue weighted by Crippen LogP contribution is -2.62. The molecule has 4 aliphatic rings. The van der Waals surface area contributed by atoms with Gasteiger partial charge < -0.3 is 5.11 Å². The number of phenolic OH excluding ortho intramolecular Hbond substituents is 1. The third-order valence-corrected chi connectivity index (χ3v) is 9.77. The van der Waals surface area contributed by atoms with E-state index in [1.54, 1.807) is 4.90 Å². The lowest BCUT2D eigenvalue weighted by atomic mass is 9.42. The van der Waals surface area contributed by atoms with Crippen molar-refractivity contribution in [1.82, 2.24) is 4.90 Å². The summed E-state index contributed by atoms with van der Waals surface area (Å²) in [6.07, 6.45) is 5.85. The second kappa shape index (κ2) is 6.11. The van der Waals surface area contributed by atoms with E-state index in [0.29, 0.717) is 30.4 Å². The monoisotopic (exact) mass is 409 g/mol. The minimum atomic E-state index is -0.100. The van der Waals surface area contributed by atoms with Crippen molar-refractivity contribution in [2.24, 2.45) is 22.7 Å². The van der Waals surface area contributed by atoms with Gasteiger partial charge in [-0.05, 0) is 78.9 Å². The molecule has 0 aromatic heterocycles. The number of fused-ring (bicyclic) bond motifs is 5. The predicted octanol–water partition coefficient (Wildman–Crippen LogP) is 4.88. The summed E-state index contributed by atoms with van der Waals surface area (Å²) in [5.74, 6) is 1.46. The highest BCUT2D eigenvalue weighted by atomic mass is 16.3. The van der Waals surface area contributed by atoms with Gasteiger partial charge >= 0.3 is 0 Å². The van der Waals surface area contributed by atoms with Crippen molar-refractivity contribution in [3.05, 3.63) is 28.8 Å². The van der Waals surface area contributed by atoms with Crippen LogP contribution in [0.2, 0.25) is 0 Å². The highest BCUT2D eigenvalue weighted by Gasteiger charge is 2.64. The summed E-state index contributed by atoms with van der Waals surface area (Å²) < 4.78 is 0. The number of benzene rings is 1. The molecule has 4 heteroatoms. The quantitative estimate of drug-likeness (QED) is 0.672. The van der Waals surface area contributed by atoms with Crippen LogP contribution in [0.4, 0.5) is 0 Å². The van der Waals surface area contributed by atoms with Crippen molar-refractivity contribution in [3.63, 3.8) is 0 Å². The fourth-order valence-corrected chi connectivity index (χ4v) is 8.58. The molecular weight excluding hydrogens is 374 g/mol. The molecule has 1 saturated heterocycles. The maximum Gasteiger partial charge on any atom is 0.229 e. The molecule has 4 nitrogen and oxygen atoms in total. The average Bonchev–Trinajstić information content (AvgIpc) is 3.12. The van der Waals surface area contributed by atoms with Gasteiger partial charge in [0, 0.05) is 29.9 Å². The molecule has 0 radical (unpaired) electrons. The Bertz CT molecular complexity index is 934. The van der Waals surface area contributed by atoms with E-state index < -0.39 is 0 Å². The minimum absolute atomic E-state index is 0.000562. The third kappa shape index (κ3) is 2.39. The smallest absolute Gasteiger partial charge is 0.229 e. The van der Waals surface area contributed by atoms with Gasteiger partial charge in [-0.1, -0.05) is 33.8 Å². The molecule has 5 atom stereocenters. The maximum atomic E-state index is 12.5. The van der Waals surface area contributed by atoms with Crippen LogP contribution in [-0.2, 0) is 21.4 Å². The molecule has 0 bridgehead atoms. The van der Waals surface area contributed by atoms with E-state index in [0.717, 1.165) is 37.7 Å². The van der Waals surface area contributed by atoms with Crippen LogP contribution in [0.25, 0.3) is 0 Å². The van der Waals surface area contributed by atoms with E-state index in [2.05, 4.69) is 40.7 Å². The largest absolute Gasteiger partial charge is 0.508 e. The first kappa shape index (κ1) is 20.1. The van der Waals surface area contributed by atoms with Crippen molar-refractivity contribution < 1.29 is 14.7 Å². The Hall–Kier alpha value is -1.84. The molecule has 30 heavy (non-hydrogen) atoms. The summed E-state index contributed by atoms with van der Waals surface area (Å²) in [7, 11) is 0. The van der Waals surface area contributed by atoms with Gasteiger partial charge in [0.1, 0.15) is 5.75 Å². The molecule has 2 amide bonds. The summed E-state index contributed by atoms with van der Waals surface area (Å²) in [6, 6.07) is 4.21. The number of hydrogen-bond acceptors (Lipinski definition) is 3. The Labute approximate surface area is 180 Å². The van der Waals surface area contributed by atoms with Crippen LogP contribution in [0.3, 0.4) is 0 Å². The van der Waals surface area contributed by atoms with Gasteiger partial charge in [-0.3, -0.25) is 14.5 Å². The SMILES string of the molecule is Cc1cc(O)c2c(c1)CC1C2(C)CCC2C(C)(C)C(N3C(=O)CCC3=O)CCC12C. The number of aromatic hydroxyl groups is 1. The number of phenols is 1. The van der Waals surface area contributed by atoms with Gasteiger partial charge in [-0.15, -0.1) is 0 Å². The Morgan fingerprint density at radius 3 is 2.30 bits per heavy atom. The number of imide groups is 1. The van der Waals surface area contributed by atoms with E-state index >= 15 is 0 Å². The lowest BCUT2D eigenvalue weighted by molar-refractivity contribution is -0.161. The Balaban J connectivity index is 1.54. The molecule has 1 aromatic carbocycles. The predicted molar refractivity (Wildman–Crippen MR) is 116 cm³/mol. The van der Waals surface area contributed by atoms with E-state index in [9.17, 15) is 14.7 Å². The molecule has 1 aliphatic heterocycles. The summed E-state index contributed by atoms with van der Waals surface area (Å²) in [6.45, 7) is 11.5. The zero-order chi connectivity index (χ0) is 21.6. The highest BCUT2D eigenvalue weighted by molar-refractivity contribution is 6.02. The maximum absolute atomic E-state index is 12.5. The van der Waals surface area contributed by atoms with Crippen LogP contribution < -0.4 is 0 Å². The van der Waals surface area contributed by atoms with Crippen LogP contribution in [-0.4, -0.2) is 27.9 Å². The van der Waals surface area contributed by atoms with Gasteiger partial charge in [0.2, 0.25) is 11.8 Å². The third-order valence-electron chi connectivity index (χ3n) is 9.77. The summed E-state index contributed by atoms with van der Waals surface area (Å²) in [5.41, 5.74) is 3.68. The number of nitrogens with zero attached hydrogens (tertiary/aromatic N) is 1. The van der Waals surface area contributed by atoms with Crippen molar-refractivity contribution in [2.45, 2.75) is 91.0 Å².